The van der Waals surface area contributed by atoms with E-state index in [0.717, 1.165) is 11.3 Å². The summed E-state index contributed by atoms with van der Waals surface area (Å²) in [5.41, 5.74) is 7.60. The van der Waals surface area contributed by atoms with Gasteiger partial charge in [0.25, 0.3) is 5.91 Å². The summed E-state index contributed by atoms with van der Waals surface area (Å²) in [5.74, 6) is -0.808. The van der Waals surface area contributed by atoms with Crippen LogP contribution in [-0.2, 0) is 0 Å². The van der Waals surface area contributed by atoms with E-state index in [0.29, 0.717) is 12.1 Å². The van der Waals surface area contributed by atoms with Crippen molar-refractivity contribution in [1.29, 1.82) is 0 Å². The molecule has 0 heterocycles. The normalized spacial score (nSPS) is 10.3. The monoisotopic (exact) mass is 272 g/mol. The number of hydrogen-bond acceptors (Lipinski definition) is 2. The number of rotatable bonds is 3. The van der Waals surface area contributed by atoms with Crippen LogP contribution in [0.15, 0.2) is 42.5 Å². The first-order valence-electron chi connectivity index (χ1n) is 6.47. The van der Waals surface area contributed by atoms with E-state index in [9.17, 15) is 9.18 Å². The molecule has 0 aromatic heterocycles. The summed E-state index contributed by atoms with van der Waals surface area (Å²) >= 11 is 0. The first kappa shape index (κ1) is 14.1. The highest BCUT2D eigenvalue weighted by Crippen LogP contribution is 2.22. The molecular weight excluding hydrogens is 255 g/mol. The molecule has 3 nitrogen and oxygen atoms in total. The Bertz CT molecular complexity index is 640. The molecule has 2 rings (SSSR count). The van der Waals surface area contributed by atoms with Gasteiger partial charge in [0.15, 0.2) is 0 Å². The number of anilines is 2. The molecule has 2 aromatic rings. The molecule has 20 heavy (non-hydrogen) atoms. The number of carbonyl (C=O) groups is 1. The van der Waals surface area contributed by atoms with Gasteiger partial charge in [-0.2, -0.15) is 0 Å². The van der Waals surface area contributed by atoms with Crippen molar-refractivity contribution >= 4 is 17.3 Å². The summed E-state index contributed by atoms with van der Waals surface area (Å²) in [4.78, 5) is 14.1. The fraction of sp³-hybridized carbons (Fsp3) is 0.188. The van der Waals surface area contributed by atoms with Gasteiger partial charge in [-0.1, -0.05) is 18.2 Å². The summed E-state index contributed by atoms with van der Waals surface area (Å²) in [7, 11) is 0. The molecule has 4 heteroatoms. The Morgan fingerprint density at radius 1 is 1.25 bits per heavy atom. The van der Waals surface area contributed by atoms with Gasteiger partial charge in [0.1, 0.15) is 5.82 Å². The van der Waals surface area contributed by atoms with E-state index in [4.69, 9.17) is 5.73 Å². The lowest BCUT2D eigenvalue weighted by molar-refractivity contribution is 0.0988. The van der Waals surface area contributed by atoms with E-state index in [1.165, 1.54) is 12.1 Å². The van der Waals surface area contributed by atoms with Crippen molar-refractivity contribution in [2.45, 2.75) is 13.8 Å². The molecule has 0 atom stereocenters. The number of nitrogen functional groups attached to an aromatic ring is 1. The van der Waals surface area contributed by atoms with Crippen molar-refractivity contribution in [3.8, 4) is 0 Å². The minimum absolute atomic E-state index is 0.0421. The summed E-state index contributed by atoms with van der Waals surface area (Å²) in [6.07, 6.45) is 0. The highest BCUT2D eigenvalue weighted by Gasteiger charge is 2.18. The molecule has 0 unspecified atom stereocenters. The van der Waals surface area contributed by atoms with Crippen LogP contribution in [0.1, 0.15) is 22.8 Å². The highest BCUT2D eigenvalue weighted by molar-refractivity contribution is 6.06. The van der Waals surface area contributed by atoms with Crippen LogP contribution < -0.4 is 10.6 Å². The van der Waals surface area contributed by atoms with Gasteiger partial charge in [-0.15, -0.1) is 0 Å². The number of hydrogen-bond donors (Lipinski definition) is 1. The second-order valence-corrected chi connectivity index (χ2v) is 4.57. The highest BCUT2D eigenvalue weighted by atomic mass is 19.1. The van der Waals surface area contributed by atoms with Gasteiger partial charge >= 0.3 is 0 Å². The largest absolute Gasteiger partial charge is 0.396 e. The van der Waals surface area contributed by atoms with Crippen molar-refractivity contribution < 1.29 is 9.18 Å². The van der Waals surface area contributed by atoms with Crippen molar-refractivity contribution in [3.05, 3.63) is 59.4 Å². The van der Waals surface area contributed by atoms with E-state index in [-0.39, 0.29) is 11.6 Å². The maximum absolute atomic E-state index is 13.5. The number of aryl methyl sites for hydroxylation is 1. The van der Waals surface area contributed by atoms with Crippen LogP contribution in [0.3, 0.4) is 0 Å². The number of para-hydroxylation sites is 1. The lowest BCUT2D eigenvalue weighted by Gasteiger charge is -2.23. The van der Waals surface area contributed by atoms with Gasteiger partial charge in [-0.25, -0.2) is 4.39 Å². The number of benzene rings is 2. The third-order valence-electron chi connectivity index (χ3n) is 3.22. The number of halogens is 1. The molecule has 0 saturated carbocycles. The minimum atomic E-state index is -0.573. The minimum Gasteiger partial charge on any atom is -0.396 e. The Morgan fingerprint density at radius 3 is 2.55 bits per heavy atom. The van der Waals surface area contributed by atoms with Crippen LogP contribution in [0.4, 0.5) is 15.8 Å². The molecule has 0 fully saturated rings. The Labute approximate surface area is 117 Å². The SMILES string of the molecule is CCN(C(=O)c1ccc(N)c(F)c1)c1ccccc1C. The van der Waals surface area contributed by atoms with Crippen molar-refractivity contribution in [2.75, 3.05) is 17.2 Å². The molecule has 0 aliphatic rings. The van der Waals surface area contributed by atoms with Crippen LogP contribution in [0.2, 0.25) is 0 Å². The third kappa shape index (κ3) is 2.64. The van der Waals surface area contributed by atoms with Crippen molar-refractivity contribution in [2.24, 2.45) is 0 Å². The van der Waals surface area contributed by atoms with Gasteiger partial charge in [0, 0.05) is 17.8 Å². The van der Waals surface area contributed by atoms with Gasteiger partial charge in [0.05, 0.1) is 5.69 Å². The zero-order valence-corrected chi connectivity index (χ0v) is 11.6. The standard InChI is InChI=1S/C16H17FN2O/c1-3-19(15-7-5-4-6-11(15)2)16(20)12-8-9-14(18)13(17)10-12/h4-10H,3,18H2,1-2H3. The average Bonchev–Trinajstić information content (AvgIpc) is 2.44. The zero-order valence-electron chi connectivity index (χ0n) is 11.6. The molecular formula is C16H17FN2O. The Balaban J connectivity index is 2.39. The molecule has 0 aliphatic heterocycles. The Kier molecular flexibility index (Phi) is 4.03. The third-order valence-corrected chi connectivity index (χ3v) is 3.22. The number of carbonyl (C=O) groups excluding carboxylic acids is 1. The topological polar surface area (TPSA) is 46.3 Å². The van der Waals surface area contributed by atoms with E-state index in [1.807, 2.05) is 38.1 Å². The maximum atomic E-state index is 13.5. The van der Waals surface area contributed by atoms with Crippen LogP contribution >= 0.6 is 0 Å². The Hall–Kier alpha value is -2.36. The van der Waals surface area contributed by atoms with Crippen molar-refractivity contribution in [1.82, 2.24) is 0 Å². The molecule has 2 N–H and O–H groups in total. The number of amides is 1. The molecule has 0 bridgehead atoms. The predicted molar refractivity (Wildman–Crippen MR) is 79.3 cm³/mol. The molecule has 0 aliphatic carbocycles. The molecule has 1 amide bonds. The smallest absolute Gasteiger partial charge is 0.258 e. The van der Waals surface area contributed by atoms with Crippen LogP contribution in [0, 0.1) is 12.7 Å². The van der Waals surface area contributed by atoms with E-state index in [2.05, 4.69) is 0 Å². The van der Waals surface area contributed by atoms with Crippen LogP contribution in [-0.4, -0.2) is 12.5 Å². The predicted octanol–water partition coefficient (Wildman–Crippen LogP) is 3.38. The zero-order chi connectivity index (χ0) is 14.7. The van der Waals surface area contributed by atoms with Crippen LogP contribution in [0.25, 0.3) is 0 Å². The number of nitrogens with two attached hydrogens (primary N) is 1. The fourth-order valence-electron chi connectivity index (χ4n) is 2.11. The maximum Gasteiger partial charge on any atom is 0.258 e. The summed E-state index contributed by atoms with van der Waals surface area (Å²) in [5, 5.41) is 0. The molecule has 0 radical (unpaired) electrons. The summed E-state index contributed by atoms with van der Waals surface area (Å²) in [6, 6.07) is 11.7. The summed E-state index contributed by atoms with van der Waals surface area (Å²) < 4.78 is 13.5. The fourth-order valence-corrected chi connectivity index (χ4v) is 2.11. The molecule has 0 saturated heterocycles. The van der Waals surface area contributed by atoms with Gasteiger partial charge in [-0.05, 0) is 43.7 Å². The second kappa shape index (κ2) is 5.74. The van der Waals surface area contributed by atoms with Crippen LogP contribution in [0.5, 0.6) is 0 Å². The van der Waals surface area contributed by atoms with Gasteiger partial charge in [-0.3, -0.25) is 4.79 Å². The first-order chi connectivity index (χ1) is 9.54. The lowest BCUT2D eigenvalue weighted by atomic mass is 10.1. The second-order valence-electron chi connectivity index (χ2n) is 4.57. The quantitative estimate of drug-likeness (QED) is 0.871. The van der Waals surface area contributed by atoms with Gasteiger partial charge in [0.2, 0.25) is 0 Å². The molecule has 0 spiro atoms. The lowest BCUT2D eigenvalue weighted by Crippen LogP contribution is -2.31. The first-order valence-corrected chi connectivity index (χ1v) is 6.47. The average molecular weight is 272 g/mol. The Morgan fingerprint density at radius 2 is 1.95 bits per heavy atom. The molecule has 104 valence electrons. The van der Waals surface area contributed by atoms with E-state index >= 15 is 0 Å². The van der Waals surface area contributed by atoms with Crippen molar-refractivity contribution in [3.63, 3.8) is 0 Å². The summed E-state index contributed by atoms with van der Waals surface area (Å²) in [6.45, 7) is 4.34. The van der Waals surface area contributed by atoms with E-state index < -0.39 is 5.82 Å². The molecule has 2 aromatic carbocycles. The van der Waals surface area contributed by atoms with Gasteiger partial charge < -0.3 is 10.6 Å². The number of nitrogens with zero attached hydrogens (tertiary/aromatic N) is 1. The van der Waals surface area contributed by atoms with E-state index in [1.54, 1.807) is 11.0 Å².